The van der Waals surface area contributed by atoms with Crippen molar-refractivity contribution in [2.75, 3.05) is 22.9 Å². The Kier molecular flexibility index (Phi) is 4.12. The van der Waals surface area contributed by atoms with Crippen molar-refractivity contribution in [3.05, 3.63) is 35.1 Å². The minimum atomic E-state index is -1.07. The average molecular weight is 420 g/mol. The number of nitrogens with zero attached hydrogens (tertiary/aromatic N) is 7. The molecule has 0 amide bonds. The zero-order chi connectivity index (χ0) is 20.1. The standard InChI is InChI=1S/C17H15ClFN7O3/c18-12-2-1-9(19)3-13(12)24-6-11-4-10(24)7-25(11)15-5-14(29-22-15)17-20-23-26(21-17)8-16(27)28/h1-3,5,10-11H,4,6-8H2,(H,27,28)/t10-,11-/m1/s1. The summed E-state index contributed by atoms with van der Waals surface area (Å²) < 4.78 is 19.0. The van der Waals surface area contributed by atoms with E-state index >= 15 is 0 Å². The van der Waals surface area contributed by atoms with E-state index in [1.165, 1.54) is 12.1 Å². The van der Waals surface area contributed by atoms with Crippen molar-refractivity contribution in [3.63, 3.8) is 0 Å². The normalized spacial score (nSPS) is 20.6. The van der Waals surface area contributed by atoms with E-state index in [1.807, 2.05) is 0 Å². The van der Waals surface area contributed by atoms with Gasteiger partial charge in [-0.1, -0.05) is 16.8 Å². The highest BCUT2D eigenvalue weighted by atomic mass is 35.5. The summed E-state index contributed by atoms with van der Waals surface area (Å²) >= 11 is 6.26. The number of carboxylic acids is 1. The van der Waals surface area contributed by atoms with Gasteiger partial charge in [-0.25, -0.2) is 4.39 Å². The molecule has 2 fully saturated rings. The molecule has 1 aromatic carbocycles. The molecule has 4 heterocycles. The van der Waals surface area contributed by atoms with Crippen LogP contribution < -0.4 is 9.80 Å². The molecule has 3 aromatic rings. The van der Waals surface area contributed by atoms with Crippen LogP contribution in [0.4, 0.5) is 15.9 Å². The maximum atomic E-state index is 13.7. The Morgan fingerprint density at radius 3 is 2.83 bits per heavy atom. The molecule has 29 heavy (non-hydrogen) atoms. The van der Waals surface area contributed by atoms with Gasteiger partial charge in [0.2, 0.25) is 11.6 Å². The molecule has 150 valence electrons. The largest absolute Gasteiger partial charge is 0.480 e. The number of anilines is 2. The number of piperazine rings is 1. The van der Waals surface area contributed by atoms with Crippen LogP contribution in [0.1, 0.15) is 6.42 Å². The minimum Gasteiger partial charge on any atom is -0.480 e. The van der Waals surface area contributed by atoms with E-state index in [1.54, 1.807) is 12.1 Å². The smallest absolute Gasteiger partial charge is 0.327 e. The molecule has 2 aliphatic heterocycles. The maximum Gasteiger partial charge on any atom is 0.327 e. The van der Waals surface area contributed by atoms with E-state index in [-0.39, 0.29) is 30.3 Å². The maximum absolute atomic E-state index is 13.7. The van der Waals surface area contributed by atoms with Crippen molar-refractivity contribution >= 4 is 29.1 Å². The van der Waals surface area contributed by atoms with E-state index in [0.29, 0.717) is 35.4 Å². The van der Waals surface area contributed by atoms with Crippen LogP contribution in [0.15, 0.2) is 28.8 Å². The van der Waals surface area contributed by atoms with Gasteiger partial charge in [-0.2, -0.15) is 4.80 Å². The Labute approximate surface area is 168 Å². The van der Waals surface area contributed by atoms with E-state index < -0.39 is 5.97 Å². The number of carboxylic acid groups (broad SMARTS) is 1. The number of rotatable bonds is 5. The number of halogens is 2. The molecular formula is C17H15ClFN7O3. The van der Waals surface area contributed by atoms with Gasteiger partial charge in [0.15, 0.2) is 12.4 Å². The third-order valence-corrected chi connectivity index (χ3v) is 5.52. The van der Waals surface area contributed by atoms with Crippen molar-refractivity contribution in [1.29, 1.82) is 0 Å². The Bertz CT molecular complexity index is 1090. The highest BCUT2D eigenvalue weighted by Crippen LogP contribution is 2.40. The Balaban J connectivity index is 1.32. The molecule has 1 N–H and O–H groups in total. The molecule has 0 spiro atoms. The summed E-state index contributed by atoms with van der Waals surface area (Å²) in [5.74, 6) is -0.254. The number of aromatic nitrogens is 5. The van der Waals surface area contributed by atoms with Gasteiger partial charge < -0.3 is 19.4 Å². The Morgan fingerprint density at radius 1 is 1.28 bits per heavy atom. The first-order chi connectivity index (χ1) is 14.0. The van der Waals surface area contributed by atoms with Crippen molar-refractivity contribution in [3.8, 4) is 11.6 Å². The Morgan fingerprint density at radius 2 is 2.07 bits per heavy atom. The summed E-state index contributed by atoms with van der Waals surface area (Å²) in [7, 11) is 0. The second-order valence-corrected chi connectivity index (χ2v) is 7.44. The third-order valence-electron chi connectivity index (χ3n) is 5.20. The van der Waals surface area contributed by atoms with Gasteiger partial charge in [-0.15, -0.1) is 10.2 Å². The van der Waals surface area contributed by atoms with Crippen LogP contribution in [0.5, 0.6) is 0 Å². The molecule has 0 aliphatic carbocycles. The predicted molar refractivity (Wildman–Crippen MR) is 99.2 cm³/mol. The molecule has 10 nitrogen and oxygen atoms in total. The van der Waals surface area contributed by atoms with E-state index in [0.717, 1.165) is 11.2 Å². The van der Waals surface area contributed by atoms with Crippen LogP contribution in [0.2, 0.25) is 5.02 Å². The van der Waals surface area contributed by atoms with E-state index in [9.17, 15) is 9.18 Å². The number of hydrogen-bond donors (Lipinski definition) is 1. The van der Waals surface area contributed by atoms with Gasteiger partial charge in [0.25, 0.3) is 0 Å². The molecule has 0 saturated carbocycles. The molecule has 5 rings (SSSR count). The molecule has 2 saturated heterocycles. The lowest BCUT2D eigenvalue weighted by atomic mass is 10.2. The van der Waals surface area contributed by atoms with Crippen LogP contribution in [0.3, 0.4) is 0 Å². The molecular weight excluding hydrogens is 405 g/mol. The molecule has 0 radical (unpaired) electrons. The highest BCUT2D eigenvalue weighted by molar-refractivity contribution is 6.33. The minimum absolute atomic E-state index is 0.169. The first-order valence-corrected chi connectivity index (χ1v) is 9.31. The van der Waals surface area contributed by atoms with Crippen LogP contribution in [-0.2, 0) is 11.3 Å². The second-order valence-electron chi connectivity index (χ2n) is 7.03. The van der Waals surface area contributed by atoms with Crippen molar-refractivity contribution in [2.24, 2.45) is 0 Å². The summed E-state index contributed by atoms with van der Waals surface area (Å²) in [5, 5.41) is 24.9. The quantitative estimate of drug-likeness (QED) is 0.659. The lowest BCUT2D eigenvalue weighted by Crippen LogP contribution is -2.46. The van der Waals surface area contributed by atoms with Gasteiger partial charge in [0.1, 0.15) is 5.82 Å². The van der Waals surface area contributed by atoms with E-state index in [4.69, 9.17) is 21.2 Å². The fourth-order valence-corrected chi connectivity index (χ4v) is 4.21. The van der Waals surface area contributed by atoms with Crippen molar-refractivity contribution in [2.45, 2.75) is 25.0 Å². The van der Waals surface area contributed by atoms with Crippen LogP contribution >= 0.6 is 11.6 Å². The lowest BCUT2D eigenvalue weighted by Gasteiger charge is -2.35. The molecule has 2 aliphatic rings. The summed E-state index contributed by atoms with van der Waals surface area (Å²) in [6, 6.07) is 6.48. The first kappa shape index (κ1) is 17.9. The Hall–Kier alpha value is -3.21. The van der Waals surface area contributed by atoms with Gasteiger partial charge in [-0.05, 0) is 29.8 Å². The van der Waals surface area contributed by atoms with Gasteiger partial charge in [0, 0.05) is 25.2 Å². The number of benzene rings is 1. The SMILES string of the molecule is O=C(O)Cn1nnc(-c2cc(N3C[C@H]4C[C@@H]3CN4c3cc(F)ccc3Cl)no2)n1. The van der Waals surface area contributed by atoms with Crippen LogP contribution in [-0.4, -0.2) is 61.6 Å². The third kappa shape index (κ3) is 3.16. The summed E-state index contributed by atoms with van der Waals surface area (Å²) in [6.45, 7) is 1.01. The number of fused-ring (bicyclic) bond motifs is 2. The number of carbonyl (C=O) groups is 1. The summed E-state index contributed by atoms with van der Waals surface area (Å²) in [5.41, 5.74) is 0.707. The summed E-state index contributed by atoms with van der Waals surface area (Å²) in [6.07, 6.45) is 0.905. The topological polar surface area (TPSA) is 113 Å². The fourth-order valence-electron chi connectivity index (χ4n) is 3.98. The zero-order valence-corrected chi connectivity index (χ0v) is 15.7. The number of aliphatic carboxylic acids is 1. The molecule has 12 heteroatoms. The fraction of sp³-hybridized carbons (Fsp3) is 0.353. The van der Waals surface area contributed by atoms with Crippen molar-refractivity contribution < 1.29 is 18.8 Å². The van der Waals surface area contributed by atoms with Gasteiger partial charge in [-0.3, -0.25) is 4.79 Å². The van der Waals surface area contributed by atoms with Crippen molar-refractivity contribution in [1.82, 2.24) is 25.4 Å². The lowest BCUT2D eigenvalue weighted by molar-refractivity contribution is -0.138. The average Bonchev–Trinajstić information content (AvgIpc) is 3.45. The van der Waals surface area contributed by atoms with Crippen LogP contribution in [0.25, 0.3) is 11.6 Å². The molecule has 0 unspecified atom stereocenters. The second kappa shape index (κ2) is 6.69. The highest BCUT2D eigenvalue weighted by Gasteiger charge is 2.45. The first-order valence-electron chi connectivity index (χ1n) is 8.93. The molecule has 2 atom stereocenters. The number of tetrazole rings is 1. The van der Waals surface area contributed by atoms with Crippen LogP contribution in [0, 0.1) is 5.82 Å². The zero-order valence-electron chi connectivity index (χ0n) is 14.9. The summed E-state index contributed by atoms with van der Waals surface area (Å²) in [4.78, 5) is 16.0. The molecule has 2 aromatic heterocycles. The van der Waals surface area contributed by atoms with Gasteiger partial charge in [0.05, 0.1) is 16.8 Å². The predicted octanol–water partition coefficient (Wildman–Crippen LogP) is 1.67. The number of hydrogen-bond acceptors (Lipinski definition) is 8. The molecule has 2 bridgehead atoms. The monoisotopic (exact) mass is 419 g/mol. The van der Waals surface area contributed by atoms with E-state index in [2.05, 4.69) is 30.4 Å². The van der Waals surface area contributed by atoms with Gasteiger partial charge >= 0.3 is 5.97 Å².